The van der Waals surface area contributed by atoms with Gasteiger partial charge in [0, 0.05) is 18.3 Å². The van der Waals surface area contributed by atoms with Crippen molar-refractivity contribution in [1.29, 1.82) is 0 Å². The molecule has 1 unspecified atom stereocenters. The van der Waals surface area contributed by atoms with Gasteiger partial charge in [0.1, 0.15) is 0 Å². The standard InChI is InChI=1S/C9H14BrNS2/c1-7(12-2)4-11-5-8-3-9(10)13-6-8/h3,6-7,11H,4-5H2,1-2H3. The lowest BCUT2D eigenvalue weighted by Gasteiger charge is -2.08. The smallest absolute Gasteiger partial charge is 0.0701 e. The van der Waals surface area contributed by atoms with Crippen LogP contribution in [0.1, 0.15) is 12.5 Å². The van der Waals surface area contributed by atoms with Crippen molar-refractivity contribution in [2.24, 2.45) is 0 Å². The molecule has 0 amide bonds. The number of rotatable bonds is 5. The molecule has 0 radical (unpaired) electrons. The fraction of sp³-hybridized carbons (Fsp3) is 0.556. The van der Waals surface area contributed by atoms with Crippen molar-refractivity contribution in [3.63, 3.8) is 0 Å². The second kappa shape index (κ2) is 6.06. The summed E-state index contributed by atoms with van der Waals surface area (Å²) in [5.74, 6) is 0. The van der Waals surface area contributed by atoms with Gasteiger partial charge in [-0.25, -0.2) is 0 Å². The van der Waals surface area contributed by atoms with E-state index in [1.165, 1.54) is 9.35 Å². The monoisotopic (exact) mass is 279 g/mol. The van der Waals surface area contributed by atoms with Gasteiger partial charge < -0.3 is 5.32 Å². The maximum Gasteiger partial charge on any atom is 0.0701 e. The number of thiophene rings is 1. The Labute approximate surface area is 96.4 Å². The first-order valence-corrected chi connectivity index (χ1v) is 7.15. The number of hydrogen-bond acceptors (Lipinski definition) is 3. The minimum Gasteiger partial charge on any atom is -0.312 e. The maximum absolute atomic E-state index is 3.45. The van der Waals surface area contributed by atoms with Gasteiger partial charge in [-0.15, -0.1) is 11.3 Å². The Morgan fingerprint density at radius 1 is 1.69 bits per heavy atom. The summed E-state index contributed by atoms with van der Waals surface area (Å²) in [6, 6.07) is 2.17. The minimum absolute atomic E-state index is 0.696. The lowest BCUT2D eigenvalue weighted by molar-refractivity contribution is 0.686. The van der Waals surface area contributed by atoms with Crippen LogP contribution in [0.4, 0.5) is 0 Å². The summed E-state index contributed by atoms with van der Waals surface area (Å²) in [7, 11) is 0. The lowest BCUT2D eigenvalue weighted by Crippen LogP contribution is -2.21. The first kappa shape index (κ1) is 11.6. The van der Waals surface area contributed by atoms with E-state index in [1.54, 1.807) is 11.3 Å². The van der Waals surface area contributed by atoms with Crippen LogP contribution in [-0.2, 0) is 6.54 Å². The molecule has 74 valence electrons. The number of halogens is 1. The molecule has 1 nitrogen and oxygen atoms in total. The summed E-state index contributed by atoms with van der Waals surface area (Å²) in [5.41, 5.74) is 1.37. The van der Waals surface area contributed by atoms with Gasteiger partial charge in [-0.05, 0) is 39.2 Å². The van der Waals surface area contributed by atoms with Crippen LogP contribution < -0.4 is 5.32 Å². The number of hydrogen-bond donors (Lipinski definition) is 1. The van der Waals surface area contributed by atoms with E-state index in [4.69, 9.17) is 0 Å². The van der Waals surface area contributed by atoms with Crippen molar-refractivity contribution in [3.05, 3.63) is 20.8 Å². The average molecular weight is 280 g/mol. The summed E-state index contributed by atoms with van der Waals surface area (Å²) in [4.78, 5) is 0. The second-order valence-corrected chi connectivity index (χ2v) is 6.50. The molecule has 0 saturated carbocycles. The molecular formula is C9H14BrNS2. The minimum atomic E-state index is 0.696. The maximum atomic E-state index is 3.45. The van der Waals surface area contributed by atoms with Gasteiger partial charge >= 0.3 is 0 Å². The van der Waals surface area contributed by atoms with Crippen LogP contribution in [-0.4, -0.2) is 18.1 Å². The fourth-order valence-electron chi connectivity index (χ4n) is 0.942. The van der Waals surface area contributed by atoms with E-state index in [0.717, 1.165) is 13.1 Å². The summed E-state index contributed by atoms with van der Waals surface area (Å²) in [5, 5.41) is 6.31. The topological polar surface area (TPSA) is 12.0 Å². The van der Waals surface area contributed by atoms with Crippen molar-refractivity contribution in [2.75, 3.05) is 12.8 Å². The zero-order valence-corrected chi connectivity index (χ0v) is 11.1. The Bertz CT molecular complexity index is 250. The molecule has 1 heterocycles. The van der Waals surface area contributed by atoms with E-state index in [9.17, 15) is 0 Å². The quantitative estimate of drug-likeness (QED) is 0.887. The number of nitrogens with one attached hydrogen (secondary N) is 1. The summed E-state index contributed by atoms with van der Waals surface area (Å²) >= 11 is 7.09. The molecule has 1 rings (SSSR count). The van der Waals surface area contributed by atoms with E-state index >= 15 is 0 Å². The van der Waals surface area contributed by atoms with Gasteiger partial charge in [-0.3, -0.25) is 0 Å². The van der Waals surface area contributed by atoms with Gasteiger partial charge in [-0.1, -0.05) is 6.92 Å². The van der Waals surface area contributed by atoms with E-state index in [0.29, 0.717) is 5.25 Å². The Kier molecular flexibility index (Phi) is 5.39. The van der Waals surface area contributed by atoms with Gasteiger partial charge in [0.05, 0.1) is 3.79 Å². The van der Waals surface area contributed by atoms with Crippen LogP contribution in [0.15, 0.2) is 15.2 Å². The third kappa shape index (κ3) is 4.49. The molecule has 0 aliphatic heterocycles. The Balaban J connectivity index is 2.20. The predicted octanol–water partition coefficient (Wildman–Crippen LogP) is 3.35. The predicted molar refractivity (Wildman–Crippen MR) is 66.7 cm³/mol. The lowest BCUT2D eigenvalue weighted by atomic mass is 10.3. The molecule has 0 bridgehead atoms. The van der Waals surface area contributed by atoms with Gasteiger partial charge in [0.25, 0.3) is 0 Å². The van der Waals surface area contributed by atoms with Crippen molar-refractivity contribution < 1.29 is 0 Å². The first-order chi connectivity index (χ1) is 6.22. The Morgan fingerprint density at radius 2 is 2.46 bits per heavy atom. The van der Waals surface area contributed by atoms with Crippen molar-refractivity contribution in [2.45, 2.75) is 18.7 Å². The van der Waals surface area contributed by atoms with Crippen LogP contribution in [0.2, 0.25) is 0 Å². The van der Waals surface area contributed by atoms with Gasteiger partial charge in [0.15, 0.2) is 0 Å². The number of thioether (sulfide) groups is 1. The SMILES string of the molecule is CSC(C)CNCc1csc(Br)c1. The highest BCUT2D eigenvalue weighted by Crippen LogP contribution is 2.20. The molecule has 1 atom stereocenters. The summed E-state index contributed by atoms with van der Waals surface area (Å²) in [6.45, 7) is 4.29. The summed E-state index contributed by atoms with van der Waals surface area (Å²) < 4.78 is 1.21. The molecule has 13 heavy (non-hydrogen) atoms. The van der Waals surface area contributed by atoms with Gasteiger partial charge in [0.2, 0.25) is 0 Å². The van der Waals surface area contributed by atoms with E-state index < -0.39 is 0 Å². The molecule has 1 N–H and O–H groups in total. The summed E-state index contributed by atoms with van der Waals surface area (Å²) in [6.07, 6.45) is 2.15. The highest BCUT2D eigenvalue weighted by molar-refractivity contribution is 9.11. The molecule has 0 spiro atoms. The van der Waals surface area contributed by atoms with E-state index in [2.05, 4.69) is 45.9 Å². The average Bonchev–Trinajstić information content (AvgIpc) is 2.51. The van der Waals surface area contributed by atoms with Crippen LogP contribution in [0.3, 0.4) is 0 Å². The normalized spacial score (nSPS) is 13.2. The zero-order valence-electron chi connectivity index (χ0n) is 7.84. The molecule has 0 fully saturated rings. The van der Waals surface area contributed by atoms with Crippen molar-refractivity contribution >= 4 is 39.0 Å². The highest BCUT2D eigenvalue weighted by atomic mass is 79.9. The van der Waals surface area contributed by atoms with Crippen molar-refractivity contribution in [3.8, 4) is 0 Å². The van der Waals surface area contributed by atoms with Crippen molar-refractivity contribution in [1.82, 2.24) is 5.32 Å². The molecule has 0 saturated heterocycles. The molecular weight excluding hydrogens is 266 g/mol. The zero-order chi connectivity index (χ0) is 9.68. The van der Waals surface area contributed by atoms with Crippen LogP contribution in [0.5, 0.6) is 0 Å². The third-order valence-corrected chi connectivity index (χ3v) is 4.31. The molecule has 0 aliphatic carbocycles. The highest BCUT2D eigenvalue weighted by Gasteiger charge is 1.99. The van der Waals surface area contributed by atoms with E-state index in [-0.39, 0.29) is 0 Å². The third-order valence-electron chi connectivity index (χ3n) is 1.79. The molecule has 0 aromatic carbocycles. The molecule has 1 aromatic heterocycles. The first-order valence-electron chi connectivity index (χ1n) is 4.19. The molecule has 4 heteroatoms. The Hall–Kier alpha value is 0.490. The largest absolute Gasteiger partial charge is 0.312 e. The fourth-order valence-corrected chi connectivity index (χ4v) is 2.44. The molecule has 0 aliphatic rings. The van der Waals surface area contributed by atoms with Crippen LogP contribution in [0.25, 0.3) is 0 Å². The van der Waals surface area contributed by atoms with Gasteiger partial charge in [-0.2, -0.15) is 11.8 Å². The van der Waals surface area contributed by atoms with E-state index in [1.807, 2.05) is 11.8 Å². The molecule has 1 aromatic rings. The van der Waals surface area contributed by atoms with Crippen LogP contribution in [0, 0.1) is 0 Å². The Morgan fingerprint density at radius 3 is 3.00 bits per heavy atom. The second-order valence-electron chi connectivity index (χ2n) is 2.94. The van der Waals surface area contributed by atoms with Crippen LogP contribution >= 0.6 is 39.0 Å².